The van der Waals surface area contributed by atoms with Crippen LogP contribution in [0.3, 0.4) is 0 Å². The van der Waals surface area contributed by atoms with Crippen molar-refractivity contribution in [1.29, 1.82) is 0 Å². The van der Waals surface area contributed by atoms with Crippen molar-refractivity contribution in [3.8, 4) is 5.75 Å². The van der Waals surface area contributed by atoms with Crippen LogP contribution in [0.15, 0.2) is 29.2 Å². The van der Waals surface area contributed by atoms with Crippen LogP contribution in [0.25, 0.3) is 0 Å². The lowest BCUT2D eigenvalue weighted by molar-refractivity contribution is -0.119. The summed E-state index contributed by atoms with van der Waals surface area (Å²) < 4.78 is 37.8. The second-order valence-corrected chi connectivity index (χ2v) is 9.43. The van der Waals surface area contributed by atoms with Crippen LogP contribution in [0, 0.1) is 0 Å². The van der Waals surface area contributed by atoms with Crippen molar-refractivity contribution >= 4 is 22.0 Å². The monoisotopic (exact) mass is 413 g/mol. The highest BCUT2D eigenvalue weighted by atomic mass is 32.2. The Labute approximate surface area is 165 Å². The molecule has 0 radical (unpaired) electrons. The van der Waals surface area contributed by atoms with Crippen molar-refractivity contribution < 1.29 is 27.5 Å². The fourth-order valence-corrected chi connectivity index (χ4v) is 4.54. The number of carbonyl (C=O) groups excluding carboxylic acids is 2. The highest BCUT2D eigenvalue weighted by Crippen LogP contribution is 2.25. The number of nitrogens with zero attached hydrogens (tertiary/aromatic N) is 2. The van der Waals surface area contributed by atoms with E-state index < -0.39 is 33.7 Å². The predicted octanol–water partition coefficient (Wildman–Crippen LogP) is 1.18. The molecule has 10 heteroatoms. The first-order valence-electron chi connectivity index (χ1n) is 8.86. The summed E-state index contributed by atoms with van der Waals surface area (Å²) in [6, 6.07) is 5.21. The van der Waals surface area contributed by atoms with E-state index in [2.05, 4.69) is 0 Å². The summed E-state index contributed by atoms with van der Waals surface area (Å²) in [5, 5.41) is 0. The van der Waals surface area contributed by atoms with Gasteiger partial charge in [0.2, 0.25) is 15.9 Å². The summed E-state index contributed by atoms with van der Waals surface area (Å²) in [4.78, 5) is 25.3. The van der Waals surface area contributed by atoms with E-state index in [1.54, 1.807) is 32.9 Å². The molecule has 1 unspecified atom stereocenters. The van der Waals surface area contributed by atoms with E-state index in [0.717, 1.165) is 0 Å². The first kappa shape index (κ1) is 22.0. The van der Waals surface area contributed by atoms with Gasteiger partial charge in [0.15, 0.2) is 0 Å². The standard InChI is InChI=1S/C18H27N3O6S/c1-18(2,3)27-17(23)20-9-10-21(13(12-20)11-16(19)22)28(24,25)15-7-5-14(26-4)6-8-15/h5-8,13H,9-12H2,1-4H3,(H2,19,22). The number of nitrogens with two attached hydrogens (primary N) is 1. The van der Waals surface area contributed by atoms with Crippen molar-refractivity contribution in [2.24, 2.45) is 5.73 Å². The van der Waals surface area contributed by atoms with Gasteiger partial charge in [0, 0.05) is 26.1 Å². The Morgan fingerprint density at radius 2 is 1.79 bits per heavy atom. The van der Waals surface area contributed by atoms with E-state index in [1.165, 1.54) is 28.4 Å². The van der Waals surface area contributed by atoms with Gasteiger partial charge in [-0.1, -0.05) is 0 Å². The van der Waals surface area contributed by atoms with Crippen molar-refractivity contribution in [2.75, 3.05) is 26.7 Å². The molecule has 1 atom stereocenters. The van der Waals surface area contributed by atoms with Gasteiger partial charge in [-0.2, -0.15) is 4.31 Å². The lowest BCUT2D eigenvalue weighted by Crippen LogP contribution is -2.57. The van der Waals surface area contributed by atoms with Crippen LogP contribution in [0.4, 0.5) is 4.79 Å². The molecule has 1 heterocycles. The summed E-state index contributed by atoms with van der Waals surface area (Å²) >= 11 is 0. The fourth-order valence-electron chi connectivity index (χ4n) is 2.93. The van der Waals surface area contributed by atoms with Gasteiger partial charge in [0.1, 0.15) is 11.4 Å². The summed E-state index contributed by atoms with van der Waals surface area (Å²) in [5.41, 5.74) is 4.64. The lowest BCUT2D eigenvalue weighted by atomic mass is 10.1. The number of benzene rings is 1. The Balaban J connectivity index is 2.25. The zero-order chi connectivity index (χ0) is 21.1. The Hall–Kier alpha value is -2.33. The van der Waals surface area contributed by atoms with Gasteiger partial charge in [-0.3, -0.25) is 4.79 Å². The molecule has 2 N–H and O–H groups in total. The fraction of sp³-hybridized carbons (Fsp3) is 0.556. The number of ether oxygens (including phenoxy) is 2. The maximum atomic E-state index is 13.1. The number of carbonyl (C=O) groups is 2. The van der Waals surface area contributed by atoms with E-state index in [9.17, 15) is 18.0 Å². The van der Waals surface area contributed by atoms with Gasteiger partial charge in [0.05, 0.1) is 18.0 Å². The molecule has 1 fully saturated rings. The highest BCUT2D eigenvalue weighted by Gasteiger charge is 2.39. The Morgan fingerprint density at radius 3 is 2.29 bits per heavy atom. The van der Waals surface area contributed by atoms with Crippen LogP contribution in [0.5, 0.6) is 5.75 Å². The average Bonchev–Trinajstić information content (AvgIpc) is 2.59. The van der Waals surface area contributed by atoms with Crippen molar-refractivity contribution in [3.05, 3.63) is 24.3 Å². The van der Waals surface area contributed by atoms with Gasteiger partial charge in [-0.25, -0.2) is 13.2 Å². The summed E-state index contributed by atoms with van der Waals surface area (Å²) in [6.07, 6.45) is -0.752. The van der Waals surface area contributed by atoms with E-state index in [-0.39, 0.29) is 31.0 Å². The van der Waals surface area contributed by atoms with Crippen LogP contribution >= 0.6 is 0 Å². The Kier molecular flexibility index (Phi) is 6.56. The first-order chi connectivity index (χ1) is 12.9. The summed E-state index contributed by atoms with van der Waals surface area (Å²) in [7, 11) is -2.39. The number of amides is 2. The van der Waals surface area contributed by atoms with Crippen LogP contribution in [0.1, 0.15) is 27.2 Å². The first-order valence-corrected chi connectivity index (χ1v) is 10.3. The van der Waals surface area contributed by atoms with Gasteiger partial charge < -0.3 is 20.1 Å². The number of hydrogen-bond acceptors (Lipinski definition) is 6. The molecule has 1 aliphatic heterocycles. The number of sulfonamides is 1. The second kappa shape index (κ2) is 8.36. The minimum Gasteiger partial charge on any atom is -0.497 e. The Bertz CT molecular complexity index is 817. The molecule has 1 aromatic carbocycles. The van der Waals surface area contributed by atoms with E-state index in [1.807, 2.05) is 0 Å². The molecule has 0 aromatic heterocycles. The van der Waals surface area contributed by atoms with Crippen LogP contribution in [-0.4, -0.2) is 68.0 Å². The normalized spacial score (nSPS) is 18.6. The molecule has 2 rings (SSSR count). The number of primary amides is 1. The molecule has 1 aromatic rings. The van der Waals surface area contributed by atoms with Crippen molar-refractivity contribution in [1.82, 2.24) is 9.21 Å². The zero-order valence-electron chi connectivity index (χ0n) is 16.5. The summed E-state index contributed by atoms with van der Waals surface area (Å²) in [6.45, 7) is 5.45. The largest absolute Gasteiger partial charge is 0.497 e. The van der Waals surface area contributed by atoms with Gasteiger partial charge in [0.25, 0.3) is 0 Å². The minimum atomic E-state index is -3.87. The van der Waals surface area contributed by atoms with Crippen LogP contribution in [0.2, 0.25) is 0 Å². The second-order valence-electron chi connectivity index (χ2n) is 7.54. The van der Waals surface area contributed by atoms with Crippen molar-refractivity contribution in [3.63, 3.8) is 0 Å². The van der Waals surface area contributed by atoms with Gasteiger partial charge in [-0.15, -0.1) is 0 Å². The number of methoxy groups -OCH3 is 1. The van der Waals surface area contributed by atoms with E-state index in [0.29, 0.717) is 5.75 Å². The molecule has 2 amide bonds. The molecule has 1 saturated heterocycles. The quantitative estimate of drug-likeness (QED) is 0.774. The molecular formula is C18H27N3O6S. The maximum Gasteiger partial charge on any atom is 0.410 e. The third-order valence-electron chi connectivity index (χ3n) is 4.18. The molecular weight excluding hydrogens is 386 g/mol. The lowest BCUT2D eigenvalue weighted by Gasteiger charge is -2.40. The number of piperazine rings is 1. The van der Waals surface area contributed by atoms with Gasteiger partial charge in [-0.05, 0) is 45.0 Å². The number of hydrogen-bond donors (Lipinski definition) is 1. The maximum absolute atomic E-state index is 13.1. The molecule has 28 heavy (non-hydrogen) atoms. The third kappa shape index (κ3) is 5.35. The Morgan fingerprint density at radius 1 is 1.18 bits per heavy atom. The van der Waals surface area contributed by atoms with Crippen LogP contribution < -0.4 is 10.5 Å². The van der Waals surface area contributed by atoms with Crippen LogP contribution in [-0.2, 0) is 19.6 Å². The molecule has 0 spiro atoms. The third-order valence-corrected chi connectivity index (χ3v) is 6.15. The van der Waals surface area contributed by atoms with E-state index >= 15 is 0 Å². The topological polar surface area (TPSA) is 119 Å². The molecule has 1 aliphatic rings. The number of rotatable bonds is 5. The zero-order valence-corrected chi connectivity index (χ0v) is 17.4. The summed E-state index contributed by atoms with van der Waals surface area (Å²) in [5.74, 6) is -0.117. The average molecular weight is 413 g/mol. The smallest absolute Gasteiger partial charge is 0.410 e. The molecule has 9 nitrogen and oxygen atoms in total. The van der Waals surface area contributed by atoms with Crippen molar-refractivity contribution in [2.45, 2.75) is 43.7 Å². The van der Waals surface area contributed by atoms with Gasteiger partial charge >= 0.3 is 6.09 Å². The molecule has 0 bridgehead atoms. The minimum absolute atomic E-state index is 0.0211. The predicted molar refractivity (Wildman–Crippen MR) is 102 cm³/mol. The SMILES string of the molecule is COc1ccc(S(=O)(=O)N2CCN(C(=O)OC(C)(C)C)CC2CC(N)=O)cc1. The molecule has 0 saturated carbocycles. The molecule has 156 valence electrons. The molecule has 0 aliphatic carbocycles. The highest BCUT2D eigenvalue weighted by molar-refractivity contribution is 7.89. The van der Waals surface area contributed by atoms with E-state index in [4.69, 9.17) is 15.2 Å².